The Bertz CT molecular complexity index is 198. The zero-order valence-corrected chi connectivity index (χ0v) is 12.5. The molecular formula is C14H29NOS. The normalized spacial score (nSPS) is 25.4. The van der Waals surface area contributed by atoms with Crippen molar-refractivity contribution in [3.8, 4) is 0 Å². The van der Waals surface area contributed by atoms with Gasteiger partial charge in [-0.2, -0.15) is 11.8 Å². The maximum Gasteiger partial charge on any atom is 0.0499 e. The first-order valence-electron chi connectivity index (χ1n) is 7.17. The molecule has 0 radical (unpaired) electrons. The number of rotatable bonds is 8. The van der Waals surface area contributed by atoms with E-state index in [2.05, 4.69) is 37.8 Å². The minimum atomic E-state index is 0.101. The Hall–Kier alpha value is 0.270. The molecule has 1 aliphatic rings. The smallest absolute Gasteiger partial charge is 0.0499 e. The highest BCUT2D eigenvalue weighted by Crippen LogP contribution is 2.31. The first-order valence-corrected chi connectivity index (χ1v) is 8.22. The zero-order valence-electron chi connectivity index (χ0n) is 11.7. The number of aliphatic hydroxyl groups excluding tert-OH is 1. The van der Waals surface area contributed by atoms with E-state index in [-0.39, 0.29) is 5.41 Å². The lowest BCUT2D eigenvalue weighted by atomic mass is 9.83. The van der Waals surface area contributed by atoms with Crippen LogP contribution in [-0.4, -0.2) is 35.3 Å². The summed E-state index contributed by atoms with van der Waals surface area (Å²) >= 11 is 2.10. The van der Waals surface area contributed by atoms with Crippen LogP contribution in [0.3, 0.4) is 0 Å². The fraction of sp³-hybridized carbons (Fsp3) is 1.00. The highest BCUT2D eigenvalue weighted by Gasteiger charge is 2.31. The molecule has 0 bridgehead atoms. The molecule has 0 heterocycles. The lowest BCUT2D eigenvalue weighted by Gasteiger charge is -2.32. The molecular weight excluding hydrogens is 230 g/mol. The highest BCUT2D eigenvalue weighted by molar-refractivity contribution is 7.99. The summed E-state index contributed by atoms with van der Waals surface area (Å²) in [6.07, 6.45) is 6.16. The number of thioether (sulfide) groups is 1. The Morgan fingerprint density at radius 1 is 1.24 bits per heavy atom. The lowest BCUT2D eigenvalue weighted by Crippen LogP contribution is -2.43. The predicted molar refractivity (Wildman–Crippen MR) is 77.7 cm³/mol. The summed E-state index contributed by atoms with van der Waals surface area (Å²) in [6, 6.07) is 0.670. The number of hydrogen-bond donors (Lipinski definition) is 2. The third-order valence-electron chi connectivity index (χ3n) is 4.41. The molecule has 0 aliphatic heterocycles. The van der Waals surface area contributed by atoms with Crippen LogP contribution in [0.15, 0.2) is 0 Å². The van der Waals surface area contributed by atoms with Crippen LogP contribution in [0, 0.1) is 5.41 Å². The van der Waals surface area contributed by atoms with E-state index in [1.165, 1.54) is 25.0 Å². The van der Waals surface area contributed by atoms with Crippen molar-refractivity contribution in [2.75, 3.05) is 18.9 Å². The molecule has 1 aliphatic carbocycles. The summed E-state index contributed by atoms with van der Waals surface area (Å²) < 4.78 is 0. The zero-order chi connectivity index (χ0) is 12.7. The summed E-state index contributed by atoms with van der Waals surface area (Å²) in [5.74, 6) is 1.22. The summed E-state index contributed by atoms with van der Waals surface area (Å²) in [7, 11) is 0. The van der Waals surface area contributed by atoms with Gasteiger partial charge in [-0.25, -0.2) is 0 Å². The van der Waals surface area contributed by atoms with Gasteiger partial charge in [-0.1, -0.05) is 27.2 Å². The molecule has 2 atom stereocenters. The molecule has 102 valence electrons. The quantitative estimate of drug-likeness (QED) is 0.703. The van der Waals surface area contributed by atoms with Gasteiger partial charge in [0.15, 0.2) is 0 Å². The van der Waals surface area contributed by atoms with Crippen molar-refractivity contribution in [1.82, 2.24) is 5.32 Å². The second-order valence-electron chi connectivity index (χ2n) is 5.28. The highest BCUT2D eigenvalue weighted by atomic mass is 32.2. The third-order valence-corrected chi connectivity index (χ3v) is 5.73. The minimum absolute atomic E-state index is 0.101. The van der Waals surface area contributed by atoms with E-state index in [1.54, 1.807) is 0 Å². The fourth-order valence-electron chi connectivity index (χ4n) is 2.70. The van der Waals surface area contributed by atoms with Crippen LogP contribution in [0.1, 0.15) is 52.9 Å². The van der Waals surface area contributed by atoms with E-state index in [1.807, 2.05) is 0 Å². The molecule has 0 amide bonds. The molecule has 3 heteroatoms. The molecule has 0 saturated heterocycles. The van der Waals surface area contributed by atoms with Gasteiger partial charge in [0.1, 0.15) is 0 Å². The van der Waals surface area contributed by atoms with Gasteiger partial charge in [-0.3, -0.25) is 0 Å². The molecule has 0 aromatic rings. The molecule has 0 aromatic heterocycles. The maximum absolute atomic E-state index is 9.57. The van der Waals surface area contributed by atoms with Crippen LogP contribution in [-0.2, 0) is 0 Å². The van der Waals surface area contributed by atoms with Crippen LogP contribution < -0.4 is 5.32 Å². The molecule has 1 rings (SSSR count). The van der Waals surface area contributed by atoms with Crippen molar-refractivity contribution in [2.45, 2.75) is 64.2 Å². The van der Waals surface area contributed by atoms with E-state index in [0.29, 0.717) is 12.6 Å². The van der Waals surface area contributed by atoms with Gasteiger partial charge in [0.2, 0.25) is 0 Å². The molecule has 2 unspecified atom stereocenters. The van der Waals surface area contributed by atoms with E-state index < -0.39 is 0 Å². The van der Waals surface area contributed by atoms with Crippen molar-refractivity contribution in [3.63, 3.8) is 0 Å². The fourth-order valence-corrected chi connectivity index (χ4v) is 3.93. The average molecular weight is 259 g/mol. The Morgan fingerprint density at radius 3 is 2.47 bits per heavy atom. The van der Waals surface area contributed by atoms with Gasteiger partial charge in [-0.15, -0.1) is 0 Å². The number of nitrogens with one attached hydrogen (secondary N) is 1. The van der Waals surface area contributed by atoms with Gasteiger partial charge in [0.05, 0.1) is 0 Å². The molecule has 1 saturated carbocycles. The molecule has 2 nitrogen and oxygen atoms in total. The van der Waals surface area contributed by atoms with Crippen molar-refractivity contribution in [3.05, 3.63) is 0 Å². The largest absolute Gasteiger partial charge is 0.396 e. The Morgan fingerprint density at radius 2 is 1.94 bits per heavy atom. The van der Waals surface area contributed by atoms with Crippen molar-refractivity contribution < 1.29 is 5.11 Å². The van der Waals surface area contributed by atoms with Crippen LogP contribution in [0.5, 0.6) is 0 Å². The molecule has 0 spiro atoms. The van der Waals surface area contributed by atoms with Gasteiger partial charge in [0, 0.05) is 29.9 Å². The SMILES string of the molecule is CCSC1CCCC1NCC(CC)(CC)CO. The van der Waals surface area contributed by atoms with E-state index in [9.17, 15) is 5.11 Å². The Labute approximate surface area is 111 Å². The second kappa shape index (κ2) is 7.65. The van der Waals surface area contributed by atoms with Crippen LogP contribution in [0.2, 0.25) is 0 Å². The van der Waals surface area contributed by atoms with Crippen LogP contribution in [0.4, 0.5) is 0 Å². The first kappa shape index (κ1) is 15.3. The van der Waals surface area contributed by atoms with Gasteiger partial charge < -0.3 is 10.4 Å². The third kappa shape index (κ3) is 4.15. The first-order chi connectivity index (χ1) is 8.21. The summed E-state index contributed by atoms with van der Waals surface area (Å²) in [4.78, 5) is 0. The number of hydrogen-bond acceptors (Lipinski definition) is 3. The molecule has 2 N–H and O–H groups in total. The van der Waals surface area contributed by atoms with Crippen molar-refractivity contribution in [1.29, 1.82) is 0 Å². The van der Waals surface area contributed by atoms with Crippen LogP contribution >= 0.6 is 11.8 Å². The van der Waals surface area contributed by atoms with Crippen molar-refractivity contribution in [2.24, 2.45) is 5.41 Å². The minimum Gasteiger partial charge on any atom is -0.396 e. The van der Waals surface area contributed by atoms with Crippen molar-refractivity contribution >= 4 is 11.8 Å². The second-order valence-corrected chi connectivity index (χ2v) is 6.79. The maximum atomic E-state index is 9.57. The topological polar surface area (TPSA) is 32.3 Å². The van der Waals surface area contributed by atoms with Gasteiger partial charge in [-0.05, 0) is 31.4 Å². The molecule has 17 heavy (non-hydrogen) atoms. The summed E-state index contributed by atoms with van der Waals surface area (Å²) in [5.41, 5.74) is 0.101. The predicted octanol–water partition coefficient (Wildman–Crippen LogP) is 3.05. The summed E-state index contributed by atoms with van der Waals surface area (Å²) in [6.45, 7) is 7.91. The number of aliphatic hydroxyl groups is 1. The monoisotopic (exact) mass is 259 g/mol. The Balaban J connectivity index is 2.42. The van der Waals surface area contributed by atoms with E-state index in [4.69, 9.17) is 0 Å². The lowest BCUT2D eigenvalue weighted by molar-refractivity contribution is 0.110. The average Bonchev–Trinajstić information content (AvgIpc) is 2.80. The molecule has 1 fully saturated rings. The molecule has 0 aromatic carbocycles. The Kier molecular flexibility index (Phi) is 6.90. The van der Waals surface area contributed by atoms with Gasteiger partial charge >= 0.3 is 0 Å². The van der Waals surface area contributed by atoms with Gasteiger partial charge in [0.25, 0.3) is 0 Å². The summed E-state index contributed by atoms with van der Waals surface area (Å²) in [5, 5.41) is 14.1. The standard InChI is InChI=1S/C14H29NOS/c1-4-14(5-2,11-16)10-15-12-8-7-9-13(12)17-6-3/h12-13,15-16H,4-11H2,1-3H3. The van der Waals surface area contributed by atoms with E-state index in [0.717, 1.165) is 24.6 Å². The van der Waals surface area contributed by atoms with E-state index >= 15 is 0 Å². The van der Waals surface area contributed by atoms with Crippen LogP contribution in [0.25, 0.3) is 0 Å².